The molecule has 0 saturated heterocycles. The second-order valence-corrected chi connectivity index (χ2v) is 6.02. The van der Waals surface area contributed by atoms with Crippen molar-refractivity contribution in [2.45, 2.75) is 5.25 Å². The molecule has 1 amide bonds. The fourth-order valence-corrected chi connectivity index (χ4v) is 3.36. The summed E-state index contributed by atoms with van der Waals surface area (Å²) in [5, 5.41) is 10.6. The number of carbonyl (C=O) groups is 1. The predicted molar refractivity (Wildman–Crippen MR) is 78.0 cm³/mol. The second kappa shape index (κ2) is 5.07. The molecule has 98 valence electrons. The van der Waals surface area contributed by atoms with Crippen molar-refractivity contribution in [3.8, 4) is 0 Å². The number of anilines is 1. The van der Waals surface area contributed by atoms with Gasteiger partial charge in [0.15, 0.2) is 0 Å². The zero-order valence-electron chi connectivity index (χ0n) is 9.61. The molecule has 3 rings (SSSR count). The fraction of sp³-hybridized carbons (Fsp3) is 0.167. The number of nitrogens with one attached hydrogen (secondary N) is 2. The summed E-state index contributed by atoms with van der Waals surface area (Å²) in [6.07, 6.45) is 1.72. The lowest BCUT2D eigenvalue weighted by atomic mass is 10.1. The third-order valence-corrected chi connectivity index (χ3v) is 4.87. The average Bonchev–Trinajstić information content (AvgIpc) is 2.76. The van der Waals surface area contributed by atoms with Gasteiger partial charge in [-0.3, -0.25) is 9.89 Å². The number of nitrogens with zero attached hydrogens (tertiary/aromatic N) is 1. The average molecular weight is 314 g/mol. The summed E-state index contributed by atoms with van der Waals surface area (Å²) in [6.45, 7) is 0. The third-order valence-electron chi connectivity index (χ3n) is 2.84. The SMILES string of the molecule is O=C1CS[C@H](c2ccc(Cl)c(Cl)c2)c2cn[nH]c2N1. The van der Waals surface area contributed by atoms with Crippen LogP contribution in [0.3, 0.4) is 0 Å². The van der Waals surface area contributed by atoms with Crippen molar-refractivity contribution >= 4 is 46.7 Å². The monoisotopic (exact) mass is 313 g/mol. The first-order chi connectivity index (χ1) is 9.15. The van der Waals surface area contributed by atoms with Gasteiger partial charge in [0.1, 0.15) is 5.82 Å². The number of carbonyl (C=O) groups excluding carboxylic acids is 1. The molecule has 1 aromatic heterocycles. The van der Waals surface area contributed by atoms with Crippen LogP contribution in [0.4, 0.5) is 5.82 Å². The lowest BCUT2D eigenvalue weighted by Crippen LogP contribution is -2.12. The Balaban J connectivity index is 2.05. The molecule has 1 atom stereocenters. The van der Waals surface area contributed by atoms with E-state index in [1.807, 2.05) is 12.1 Å². The zero-order chi connectivity index (χ0) is 13.4. The molecule has 1 aliphatic heterocycles. The van der Waals surface area contributed by atoms with Gasteiger partial charge in [-0.25, -0.2) is 0 Å². The Bertz CT molecular complexity index is 644. The quantitative estimate of drug-likeness (QED) is 0.847. The lowest BCUT2D eigenvalue weighted by Gasteiger charge is -2.14. The highest BCUT2D eigenvalue weighted by Crippen LogP contribution is 2.41. The number of hydrogen-bond donors (Lipinski definition) is 2. The Morgan fingerprint density at radius 1 is 1.32 bits per heavy atom. The van der Waals surface area contributed by atoms with Crippen LogP contribution in [-0.2, 0) is 4.79 Å². The van der Waals surface area contributed by atoms with E-state index in [9.17, 15) is 4.79 Å². The van der Waals surface area contributed by atoms with Crippen molar-refractivity contribution in [3.05, 3.63) is 45.6 Å². The maximum atomic E-state index is 11.6. The topological polar surface area (TPSA) is 57.8 Å². The minimum absolute atomic E-state index is 0.00228. The van der Waals surface area contributed by atoms with Gasteiger partial charge in [-0.15, -0.1) is 11.8 Å². The fourth-order valence-electron chi connectivity index (χ4n) is 1.97. The first-order valence-corrected chi connectivity index (χ1v) is 7.35. The Morgan fingerprint density at radius 2 is 2.16 bits per heavy atom. The van der Waals surface area contributed by atoms with E-state index in [4.69, 9.17) is 23.2 Å². The van der Waals surface area contributed by atoms with Crippen LogP contribution < -0.4 is 5.32 Å². The summed E-state index contributed by atoms with van der Waals surface area (Å²) >= 11 is 13.5. The number of amides is 1. The molecule has 2 aromatic rings. The van der Waals surface area contributed by atoms with Gasteiger partial charge in [0, 0.05) is 5.56 Å². The molecule has 0 saturated carbocycles. The van der Waals surface area contributed by atoms with Crippen molar-refractivity contribution in [2.24, 2.45) is 0 Å². The van der Waals surface area contributed by atoms with Gasteiger partial charge >= 0.3 is 0 Å². The molecular formula is C12H9Cl2N3OS. The minimum Gasteiger partial charge on any atom is -0.310 e. The summed E-state index contributed by atoms with van der Waals surface area (Å²) in [7, 11) is 0. The van der Waals surface area contributed by atoms with Crippen LogP contribution in [0.2, 0.25) is 10.0 Å². The number of H-pyrrole nitrogens is 1. The van der Waals surface area contributed by atoms with Crippen LogP contribution >= 0.6 is 35.0 Å². The Kier molecular flexibility index (Phi) is 3.43. The van der Waals surface area contributed by atoms with Gasteiger partial charge in [0.05, 0.1) is 27.2 Å². The van der Waals surface area contributed by atoms with Crippen LogP contribution in [-0.4, -0.2) is 21.9 Å². The number of aromatic nitrogens is 2. The number of fused-ring (bicyclic) bond motifs is 1. The van der Waals surface area contributed by atoms with Crippen molar-refractivity contribution in [3.63, 3.8) is 0 Å². The van der Waals surface area contributed by atoms with E-state index >= 15 is 0 Å². The van der Waals surface area contributed by atoms with Crippen LogP contribution in [0.25, 0.3) is 0 Å². The normalized spacial score (nSPS) is 18.6. The second-order valence-electron chi connectivity index (χ2n) is 4.11. The molecular weight excluding hydrogens is 305 g/mol. The van der Waals surface area contributed by atoms with Crippen LogP contribution in [0.5, 0.6) is 0 Å². The van der Waals surface area contributed by atoms with Crippen LogP contribution in [0.1, 0.15) is 16.4 Å². The standard InChI is InChI=1S/C12H9Cl2N3OS/c13-8-2-1-6(3-9(8)14)11-7-4-15-17-12(7)16-10(18)5-19-11/h1-4,11H,5H2,(H2,15,16,17,18)/t11-/m1/s1. The van der Waals surface area contributed by atoms with E-state index in [1.165, 1.54) is 11.8 Å². The largest absolute Gasteiger partial charge is 0.310 e. The summed E-state index contributed by atoms with van der Waals surface area (Å²) in [6, 6.07) is 5.51. The number of thioether (sulfide) groups is 1. The van der Waals surface area contributed by atoms with E-state index in [0.717, 1.165) is 11.1 Å². The molecule has 0 spiro atoms. The third kappa shape index (κ3) is 2.45. The predicted octanol–water partition coefficient (Wildman–Crippen LogP) is 3.49. The summed E-state index contributed by atoms with van der Waals surface area (Å²) in [5.41, 5.74) is 1.94. The molecule has 2 N–H and O–H groups in total. The Labute approximate surface area is 123 Å². The molecule has 0 fully saturated rings. The van der Waals surface area contributed by atoms with Crippen molar-refractivity contribution < 1.29 is 4.79 Å². The van der Waals surface area contributed by atoms with Gasteiger partial charge in [0.2, 0.25) is 5.91 Å². The van der Waals surface area contributed by atoms with Crippen LogP contribution in [0.15, 0.2) is 24.4 Å². The molecule has 19 heavy (non-hydrogen) atoms. The van der Waals surface area contributed by atoms with E-state index in [0.29, 0.717) is 21.6 Å². The summed E-state index contributed by atoms with van der Waals surface area (Å²) < 4.78 is 0. The number of benzene rings is 1. The molecule has 0 unspecified atom stereocenters. The molecule has 2 heterocycles. The highest BCUT2D eigenvalue weighted by molar-refractivity contribution is 8.00. The highest BCUT2D eigenvalue weighted by atomic mass is 35.5. The number of halogens is 2. The molecule has 1 aromatic carbocycles. The summed E-state index contributed by atoms with van der Waals surface area (Å²) in [5.74, 6) is 0.983. The van der Waals surface area contributed by atoms with Crippen molar-refractivity contribution in [2.75, 3.05) is 11.1 Å². The molecule has 0 bridgehead atoms. The zero-order valence-corrected chi connectivity index (χ0v) is 11.9. The van der Waals surface area contributed by atoms with Gasteiger partial charge in [-0.05, 0) is 17.7 Å². The first-order valence-electron chi connectivity index (χ1n) is 5.55. The number of aromatic amines is 1. The molecule has 0 aliphatic carbocycles. The lowest BCUT2D eigenvalue weighted by molar-refractivity contribution is -0.113. The van der Waals surface area contributed by atoms with Crippen molar-refractivity contribution in [1.29, 1.82) is 0 Å². The highest BCUT2D eigenvalue weighted by Gasteiger charge is 2.25. The smallest absolute Gasteiger partial charge is 0.235 e. The van der Waals surface area contributed by atoms with E-state index in [-0.39, 0.29) is 11.2 Å². The molecule has 0 radical (unpaired) electrons. The van der Waals surface area contributed by atoms with Gasteiger partial charge in [-0.2, -0.15) is 5.10 Å². The number of rotatable bonds is 1. The van der Waals surface area contributed by atoms with Crippen molar-refractivity contribution in [1.82, 2.24) is 10.2 Å². The van der Waals surface area contributed by atoms with E-state index in [1.54, 1.807) is 12.3 Å². The van der Waals surface area contributed by atoms with Gasteiger partial charge in [0.25, 0.3) is 0 Å². The maximum absolute atomic E-state index is 11.6. The van der Waals surface area contributed by atoms with Gasteiger partial charge < -0.3 is 5.32 Å². The Morgan fingerprint density at radius 3 is 2.95 bits per heavy atom. The molecule has 4 nitrogen and oxygen atoms in total. The van der Waals surface area contributed by atoms with Crippen LogP contribution in [0, 0.1) is 0 Å². The summed E-state index contributed by atoms with van der Waals surface area (Å²) in [4.78, 5) is 11.6. The minimum atomic E-state index is -0.0435. The first kappa shape index (κ1) is 12.8. The maximum Gasteiger partial charge on any atom is 0.235 e. The van der Waals surface area contributed by atoms with E-state index < -0.39 is 0 Å². The van der Waals surface area contributed by atoms with E-state index in [2.05, 4.69) is 15.5 Å². The Hall–Kier alpha value is -1.17. The van der Waals surface area contributed by atoms with Gasteiger partial charge in [-0.1, -0.05) is 29.3 Å². The molecule has 7 heteroatoms. The molecule has 1 aliphatic rings. The number of hydrogen-bond acceptors (Lipinski definition) is 3.